The first-order valence-corrected chi connectivity index (χ1v) is 10.6. The number of primary amides is 1. The molecule has 0 saturated heterocycles. The second kappa shape index (κ2) is 9.98. The van der Waals surface area contributed by atoms with Gasteiger partial charge in [-0.25, -0.2) is 0 Å². The molecule has 0 heterocycles. The molecule has 0 radical (unpaired) electrons. The number of benzene rings is 3. The first kappa shape index (κ1) is 21.5. The van der Waals surface area contributed by atoms with Gasteiger partial charge in [0.2, 0.25) is 5.91 Å². The van der Waals surface area contributed by atoms with Crippen LogP contribution in [0.3, 0.4) is 0 Å². The predicted octanol–water partition coefficient (Wildman–Crippen LogP) is 5.04. The molecule has 3 rings (SSSR count). The molecule has 0 fully saturated rings. The lowest BCUT2D eigenvalue weighted by atomic mass is 10.1. The van der Waals surface area contributed by atoms with Gasteiger partial charge in [0, 0.05) is 33.0 Å². The van der Waals surface area contributed by atoms with Crippen molar-refractivity contribution in [3.63, 3.8) is 0 Å². The second-order valence-electron chi connectivity index (χ2n) is 6.75. The number of rotatable bonds is 8. The summed E-state index contributed by atoms with van der Waals surface area (Å²) in [6.45, 7) is 4.55. The molecular weight excluding hydrogens is 396 g/mol. The van der Waals surface area contributed by atoms with E-state index >= 15 is 0 Å². The molecule has 0 unspecified atom stereocenters. The lowest BCUT2D eigenvalue weighted by molar-refractivity contribution is 0.0998. The van der Waals surface area contributed by atoms with Crippen LogP contribution in [0.2, 0.25) is 0 Å². The van der Waals surface area contributed by atoms with E-state index < -0.39 is 5.91 Å². The van der Waals surface area contributed by atoms with Crippen LogP contribution >= 0.6 is 11.8 Å². The van der Waals surface area contributed by atoms with Crippen LogP contribution < -0.4 is 15.8 Å². The standard InChI is InChI=1S/C24H24N2O3S/c1-3-29-22-13-8-18(14-19(22)15-30-21-11-4-16(2)5-12-21)24(28)26-20-9-6-17(7-10-20)23(25)27/h4-14H,3,15H2,1-2H3,(H2,25,27)(H,26,28). The average Bonchev–Trinajstić information content (AvgIpc) is 2.74. The molecular formula is C24H24N2O3S. The number of thioether (sulfide) groups is 1. The molecule has 0 aliphatic carbocycles. The van der Waals surface area contributed by atoms with E-state index in [2.05, 4.69) is 36.5 Å². The van der Waals surface area contributed by atoms with Crippen LogP contribution in [0.25, 0.3) is 0 Å². The number of amides is 2. The van der Waals surface area contributed by atoms with E-state index in [4.69, 9.17) is 10.5 Å². The van der Waals surface area contributed by atoms with Gasteiger partial charge >= 0.3 is 0 Å². The van der Waals surface area contributed by atoms with E-state index in [1.807, 2.05) is 19.1 Å². The molecule has 0 spiro atoms. The Morgan fingerprint density at radius 1 is 0.967 bits per heavy atom. The summed E-state index contributed by atoms with van der Waals surface area (Å²) in [6.07, 6.45) is 0. The van der Waals surface area contributed by atoms with Gasteiger partial charge in [0.25, 0.3) is 5.91 Å². The van der Waals surface area contributed by atoms with E-state index in [9.17, 15) is 9.59 Å². The number of nitrogens with one attached hydrogen (secondary N) is 1. The predicted molar refractivity (Wildman–Crippen MR) is 121 cm³/mol. The highest BCUT2D eigenvalue weighted by atomic mass is 32.2. The third kappa shape index (κ3) is 5.64. The number of anilines is 1. The number of ether oxygens (including phenoxy) is 1. The molecule has 3 aromatic rings. The summed E-state index contributed by atoms with van der Waals surface area (Å²) in [5, 5.41) is 2.84. The smallest absolute Gasteiger partial charge is 0.255 e. The third-order valence-corrected chi connectivity index (χ3v) is 5.53. The van der Waals surface area contributed by atoms with E-state index in [1.54, 1.807) is 42.1 Å². The summed E-state index contributed by atoms with van der Waals surface area (Å²) in [5.74, 6) is 0.730. The molecule has 30 heavy (non-hydrogen) atoms. The van der Waals surface area contributed by atoms with Crippen LogP contribution in [0, 0.1) is 6.92 Å². The highest BCUT2D eigenvalue weighted by Gasteiger charge is 2.12. The van der Waals surface area contributed by atoms with Gasteiger partial charge in [0.1, 0.15) is 5.75 Å². The van der Waals surface area contributed by atoms with Gasteiger partial charge < -0.3 is 15.8 Å². The maximum Gasteiger partial charge on any atom is 0.255 e. The van der Waals surface area contributed by atoms with Gasteiger partial charge in [0.05, 0.1) is 6.61 Å². The zero-order valence-electron chi connectivity index (χ0n) is 17.0. The number of hydrogen-bond donors (Lipinski definition) is 2. The Morgan fingerprint density at radius 2 is 1.63 bits per heavy atom. The molecule has 0 saturated carbocycles. The first-order chi connectivity index (χ1) is 14.5. The minimum atomic E-state index is -0.505. The minimum absolute atomic E-state index is 0.230. The Bertz CT molecular complexity index is 1030. The van der Waals surface area contributed by atoms with Gasteiger partial charge in [-0.2, -0.15) is 0 Å². The van der Waals surface area contributed by atoms with Crippen LogP contribution in [0.4, 0.5) is 5.69 Å². The number of hydrogen-bond acceptors (Lipinski definition) is 4. The number of carbonyl (C=O) groups excluding carboxylic acids is 2. The van der Waals surface area contributed by atoms with Crippen molar-refractivity contribution in [1.29, 1.82) is 0 Å². The highest BCUT2D eigenvalue weighted by molar-refractivity contribution is 7.98. The maximum absolute atomic E-state index is 12.7. The zero-order valence-corrected chi connectivity index (χ0v) is 17.8. The Balaban J connectivity index is 1.75. The van der Waals surface area contributed by atoms with E-state index in [0.29, 0.717) is 29.2 Å². The Labute approximate surface area is 180 Å². The Morgan fingerprint density at radius 3 is 2.27 bits per heavy atom. The molecule has 5 nitrogen and oxygen atoms in total. The maximum atomic E-state index is 12.7. The van der Waals surface area contributed by atoms with Crippen molar-refractivity contribution in [1.82, 2.24) is 0 Å². The molecule has 0 aliphatic rings. The number of aryl methyl sites for hydroxylation is 1. The normalized spacial score (nSPS) is 10.5. The summed E-state index contributed by atoms with van der Waals surface area (Å²) in [4.78, 5) is 25.1. The molecule has 6 heteroatoms. The zero-order chi connectivity index (χ0) is 21.5. The summed E-state index contributed by atoms with van der Waals surface area (Å²) >= 11 is 1.70. The molecule has 3 aromatic carbocycles. The monoisotopic (exact) mass is 420 g/mol. The summed E-state index contributed by atoms with van der Waals surface area (Å²) in [6, 6.07) is 20.3. The van der Waals surface area contributed by atoms with Gasteiger partial charge in [-0.05, 0) is 68.4 Å². The van der Waals surface area contributed by atoms with Crippen molar-refractivity contribution in [3.8, 4) is 5.75 Å². The van der Waals surface area contributed by atoms with Crippen LogP contribution in [0.1, 0.15) is 38.8 Å². The second-order valence-corrected chi connectivity index (χ2v) is 7.80. The topological polar surface area (TPSA) is 81.4 Å². The highest BCUT2D eigenvalue weighted by Crippen LogP contribution is 2.29. The summed E-state index contributed by atoms with van der Waals surface area (Å²) < 4.78 is 5.74. The Hall–Kier alpha value is -3.25. The van der Waals surface area contributed by atoms with Crippen LogP contribution in [-0.2, 0) is 5.75 Å². The van der Waals surface area contributed by atoms with Crippen LogP contribution in [0.15, 0.2) is 71.6 Å². The third-order valence-electron chi connectivity index (χ3n) is 4.47. The molecule has 3 N–H and O–H groups in total. The lowest BCUT2D eigenvalue weighted by Crippen LogP contribution is -2.14. The van der Waals surface area contributed by atoms with Gasteiger partial charge in [-0.3, -0.25) is 9.59 Å². The van der Waals surface area contributed by atoms with Crippen molar-refractivity contribution < 1.29 is 14.3 Å². The van der Waals surface area contributed by atoms with Crippen molar-refractivity contribution in [2.24, 2.45) is 5.73 Å². The van der Waals surface area contributed by atoms with Crippen LogP contribution in [0.5, 0.6) is 5.75 Å². The van der Waals surface area contributed by atoms with Crippen molar-refractivity contribution in [2.45, 2.75) is 24.5 Å². The Kier molecular flexibility index (Phi) is 7.14. The molecule has 0 aromatic heterocycles. The molecule has 2 amide bonds. The van der Waals surface area contributed by atoms with Crippen molar-refractivity contribution in [2.75, 3.05) is 11.9 Å². The number of nitrogens with two attached hydrogens (primary N) is 1. The average molecular weight is 421 g/mol. The van der Waals surface area contributed by atoms with E-state index in [0.717, 1.165) is 16.2 Å². The lowest BCUT2D eigenvalue weighted by Gasteiger charge is -2.13. The first-order valence-electron chi connectivity index (χ1n) is 9.62. The van der Waals surface area contributed by atoms with Gasteiger partial charge in [-0.15, -0.1) is 11.8 Å². The van der Waals surface area contributed by atoms with E-state index in [1.165, 1.54) is 5.56 Å². The van der Waals surface area contributed by atoms with Crippen molar-refractivity contribution in [3.05, 3.63) is 89.0 Å². The fourth-order valence-electron chi connectivity index (χ4n) is 2.85. The molecule has 0 atom stereocenters. The van der Waals surface area contributed by atoms with E-state index in [-0.39, 0.29) is 5.91 Å². The van der Waals surface area contributed by atoms with Crippen molar-refractivity contribution >= 4 is 29.3 Å². The quantitative estimate of drug-likeness (QED) is 0.501. The molecule has 154 valence electrons. The largest absolute Gasteiger partial charge is 0.494 e. The fraction of sp³-hybridized carbons (Fsp3) is 0.167. The van der Waals surface area contributed by atoms with Crippen LogP contribution in [-0.4, -0.2) is 18.4 Å². The summed E-state index contributed by atoms with van der Waals surface area (Å²) in [5.41, 5.74) is 8.95. The molecule has 0 bridgehead atoms. The SMILES string of the molecule is CCOc1ccc(C(=O)Nc2ccc(C(N)=O)cc2)cc1CSc1ccc(C)cc1. The fourth-order valence-corrected chi connectivity index (χ4v) is 3.72. The number of carbonyl (C=O) groups is 2. The van der Waals surface area contributed by atoms with Gasteiger partial charge in [0.15, 0.2) is 0 Å². The van der Waals surface area contributed by atoms with Gasteiger partial charge in [-0.1, -0.05) is 17.7 Å². The molecule has 0 aliphatic heterocycles. The minimum Gasteiger partial charge on any atom is -0.494 e. The summed E-state index contributed by atoms with van der Waals surface area (Å²) in [7, 11) is 0.